The number of benzene rings is 1. The van der Waals surface area contributed by atoms with Crippen molar-refractivity contribution in [2.45, 2.75) is 0 Å². The number of aryl methyl sites for hydroxylation is 1. The van der Waals surface area contributed by atoms with E-state index in [0.29, 0.717) is 17.3 Å². The Bertz CT molecular complexity index is 605. The fraction of sp³-hybridized carbons (Fsp3) is 0.167. The molecule has 7 heteroatoms. The number of carbonyl (C=O) groups excluding carboxylic acids is 1. The van der Waals surface area contributed by atoms with Gasteiger partial charge in [0.25, 0.3) is 5.91 Å². The zero-order valence-electron chi connectivity index (χ0n) is 10.5. The minimum Gasteiger partial charge on any atom is -0.497 e. The first-order valence-electron chi connectivity index (χ1n) is 5.45. The lowest BCUT2D eigenvalue weighted by Gasteiger charge is -2.08. The minimum absolute atomic E-state index is 0.0959. The highest BCUT2D eigenvalue weighted by atomic mass is 19.1. The number of carbonyl (C=O) groups is 1. The molecule has 3 N–H and O–H groups in total. The molecule has 2 rings (SSSR count). The summed E-state index contributed by atoms with van der Waals surface area (Å²) < 4.78 is 20.0. The van der Waals surface area contributed by atoms with Gasteiger partial charge in [-0.25, -0.2) is 4.39 Å². The molecule has 1 aromatic heterocycles. The predicted molar refractivity (Wildman–Crippen MR) is 68.5 cm³/mol. The number of hydrogen-bond acceptors (Lipinski definition) is 4. The van der Waals surface area contributed by atoms with Crippen molar-refractivity contribution >= 4 is 17.4 Å². The summed E-state index contributed by atoms with van der Waals surface area (Å²) in [5, 5.41) is 6.38. The Labute approximate surface area is 109 Å². The molecule has 0 radical (unpaired) electrons. The molecule has 0 aliphatic carbocycles. The minimum atomic E-state index is -0.669. The number of anilines is 2. The number of nitrogens with one attached hydrogen (secondary N) is 1. The largest absolute Gasteiger partial charge is 0.497 e. The second-order valence-electron chi connectivity index (χ2n) is 3.87. The molecule has 1 aromatic carbocycles. The van der Waals surface area contributed by atoms with Crippen LogP contribution in [0.4, 0.5) is 15.9 Å². The van der Waals surface area contributed by atoms with Crippen molar-refractivity contribution in [1.82, 2.24) is 9.78 Å². The molecule has 0 spiro atoms. The number of nitrogen functional groups attached to an aromatic ring is 1. The van der Waals surface area contributed by atoms with Crippen molar-refractivity contribution in [2.24, 2.45) is 7.05 Å². The van der Waals surface area contributed by atoms with Crippen molar-refractivity contribution in [3.8, 4) is 5.75 Å². The molecule has 0 aliphatic rings. The highest BCUT2D eigenvalue weighted by Gasteiger charge is 2.15. The van der Waals surface area contributed by atoms with Gasteiger partial charge in [-0.2, -0.15) is 5.10 Å². The van der Waals surface area contributed by atoms with Crippen LogP contribution in [0.15, 0.2) is 24.4 Å². The lowest BCUT2D eigenvalue weighted by molar-refractivity contribution is 0.102. The second-order valence-corrected chi connectivity index (χ2v) is 3.87. The zero-order valence-corrected chi connectivity index (χ0v) is 10.5. The number of nitrogens with two attached hydrogens (primary N) is 1. The number of halogens is 1. The third-order valence-electron chi connectivity index (χ3n) is 2.62. The van der Waals surface area contributed by atoms with Gasteiger partial charge in [-0.1, -0.05) is 0 Å². The van der Waals surface area contributed by atoms with Gasteiger partial charge < -0.3 is 15.8 Å². The summed E-state index contributed by atoms with van der Waals surface area (Å²) >= 11 is 0. The van der Waals surface area contributed by atoms with Gasteiger partial charge in [-0.15, -0.1) is 0 Å². The highest BCUT2D eigenvalue weighted by molar-refractivity contribution is 6.05. The normalized spacial score (nSPS) is 10.3. The maximum Gasteiger partial charge on any atom is 0.259 e. The summed E-state index contributed by atoms with van der Waals surface area (Å²) in [6.07, 6.45) is 1.40. The van der Waals surface area contributed by atoms with E-state index in [4.69, 9.17) is 10.5 Å². The molecule has 100 valence electrons. The quantitative estimate of drug-likeness (QED) is 0.878. The fourth-order valence-electron chi connectivity index (χ4n) is 1.59. The monoisotopic (exact) mass is 264 g/mol. The van der Waals surface area contributed by atoms with E-state index in [1.807, 2.05) is 0 Å². The smallest absolute Gasteiger partial charge is 0.259 e. The number of methoxy groups -OCH3 is 1. The Morgan fingerprint density at radius 3 is 2.79 bits per heavy atom. The highest BCUT2D eigenvalue weighted by Crippen LogP contribution is 2.20. The van der Waals surface area contributed by atoms with Gasteiger partial charge in [0.1, 0.15) is 11.6 Å². The van der Waals surface area contributed by atoms with Gasteiger partial charge in [0.2, 0.25) is 0 Å². The zero-order chi connectivity index (χ0) is 14.0. The first kappa shape index (κ1) is 12.9. The summed E-state index contributed by atoms with van der Waals surface area (Å²) in [6.45, 7) is 0. The first-order valence-corrected chi connectivity index (χ1v) is 5.45. The van der Waals surface area contributed by atoms with Gasteiger partial charge in [-0.3, -0.25) is 9.48 Å². The van der Waals surface area contributed by atoms with E-state index in [1.165, 1.54) is 30.1 Å². The van der Waals surface area contributed by atoms with Gasteiger partial charge in [0.15, 0.2) is 5.82 Å². The molecule has 1 amide bonds. The summed E-state index contributed by atoms with van der Waals surface area (Å²) in [4.78, 5) is 11.9. The average Bonchev–Trinajstić information content (AvgIpc) is 2.70. The second kappa shape index (κ2) is 4.97. The number of aromatic nitrogens is 2. The average molecular weight is 264 g/mol. The number of ether oxygens (including phenoxy) is 1. The maximum atomic E-state index is 13.7. The van der Waals surface area contributed by atoms with Crippen molar-refractivity contribution in [2.75, 3.05) is 18.2 Å². The van der Waals surface area contributed by atoms with Gasteiger partial charge in [0, 0.05) is 13.1 Å². The van der Waals surface area contributed by atoms with Gasteiger partial charge >= 0.3 is 0 Å². The third kappa shape index (κ3) is 2.49. The Morgan fingerprint density at radius 2 is 2.26 bits per heavy atom. The summed E-state index contributed by atoms with van der Waals surface area (Å²) in [6, 6.07) is 3.99. The molecule has 0 unspecified atom stereocenters. The molecule has 0 saturated heterocycles. The standard InChI is InChI=1S/C12H13FN4O2/c1-17-11(10(14)6-15-17)16-12(18)8-4-3-7(19-2)5-9(8)13/h3-6H,14H2,1-2H3,(H,16,18). The van der Waals surface area contributed by atoms with Crippen LogP contribution in [0.25, 0.3) is 0 Å². The lowest BCUT2D eigenvalue weighted by atomic mass is 10.2. The van der Waals surface area contributed by atoms with E-state index < -0.39 is 11.7 Å². The first-order chi connectivity index (χ1) is 9.02. The maximum absolute atomic E-state index is 13.7. The van der Waals surface area contributed by atoms with E-state index in [0.717, 1.165) is 6.07 Å². The molecule has 0 atom stereocenters. The van der Waals surface area contributed by atoms with Crippen LogP contribution in [-0.2, 0) is 7.05 Å². The van der Waals surface area contributed by atoms with E-state index in [-0.39, 0.29) is 5.56 Å². The van der Waals surface area contributed by atoms with Crippen LogP contribution in [0.2, 0.25) is 0 Å². The summed E-state index contributed by atoms with van der Waals surface area (Å²) in [7, 11) is 3.04. The van der Waals surface area contributed by atoms with Crippen molar-refractivity contribution < 1.29 is 13.9 Å². The summed E-state index contributed by atoms with van der Waals surface area (Å²) in [5.74, 6) is -0.609. The molecular formula is C12H13FN4O2. The Hall–Kier alpha value is -2.57. The van der Waals surface area contributed by atoms with E-state index in [2.05, 4.69) is 10.4 Å². The molecule has 1 heterocycles. The molecule has 0 bridgehead atoms. The number of nitrogens with zero attached hydrogens (tertiary/aromatic N) is 2. The van der Waals surface area contributed by atoms with E-state index in [9.17, 15) is 9.18 Å². The molecule has 2 aromatic rings. The van der Waals surface area contributed by atoms with Crippen LogP contribution >= 0.6 is 0 Å². The Morgan fingerprint density at radius 1 is 1.53 bits per heavy atom. The molecule has 0 saturated carbocycles. The van der Waals surface area contributed by atoms with E-state index in [1.54, 1.807) is 7.05 Å². The molecule has 0 fully saturated rings. The molecule has 6 nitrogen and oxygen atoms in total. The Balaban J connectivity index is 2.26. The molecule has 0 aliphatic heterocycles. The molecular weight excluding hydrogens is 251 g/mol. The fourth-order valence-corrected chi connectivity index (χ4v) is 1.59. The van der Waals surface area contributed by atoms with Crippen LogP contribution in [0.5, 0.6) is 5.75 Å². The number of amides is 1. The number of rotatable bonds is 3. The van der Waals surface area contributed by atoms with Crippen LogP contribution in [0.1, 0.15) is 10.4 Å². The van der Waals surface area contributed by atoms with Gasteiger partial charge in [-0.05, 0) is 12.1 Å². The molecule has 19 heavy (non-hydrogen) atoms. The third-order valence-corrected chi connectivity index (χ3v) is 2.62. The summed E-state index contributed by atoms with van der Waals surface area (Å²) in [5.41, 5.74) is 5.85. The lowest BCUT2D eigenvalue weighted by Crippen LogP contribution is -2.17. The van der Waals surface area contributed by atoms with Crippen molar-refractivity contribution in [3.05, 3.63) is 35.8 Å². The van der Waals surface area contributed by atoms with E-state index >= 15 is 0 Å². The number of hydrogen-bond donors (Lipinski definition) is 2. The SMILES string of the molecule is COc1ccc(C(=O)Nc2c(N)cnn2C)c(F)c1. The van der Waals surface area contributed by atoms with Crippen LogP contribution in [0.3, 0.4) is 0 Å². The van der Waals surface area contributed by atoms with Crippen LogP contribution in [-0.4, -0.2) is 22.8 Å². The van der Waals surface area contributed by atoms with Crippen LogP contribution < -0.4 is 15.8 Å². The topological polar surface area (TPSA) is 82.2 Å². The predicted octanol–water partition coefficient (Wildman–Crippen LogP) is 1.40. The van der Waals surface area contributed by atoms with Crippen LogP contribution in [0, 0.1) is 5.82 Å². The van der Waals surface area contributed by atoms with Crippen molar-refractivity contribution in [3.63, 3.8) is 0 Å². The Kier molecular flexibility index (Phi) is 3.37. The van der Waals surface area contributed by atoms with Crippen molar-refractivity contribution in [1.29, 1.82) is 0 Å². The van der Waals surface area contributed by atoms with Gasteiger partial charge in [0.05, 0.1) is 24.6 Å².